The van der Waals surface area contributed by atoms with E-state index in [0.717, 1.165) is 22.3 Å². The van der Waals surface area contributed by atoms with Crippen molar-refractivity contribution in [1.29, 1.82) is 0 Å². The molecule has 1 aliphatic heterocycles. The van der Waals surface area contributed by atoms with E-state index >= 15 is 0 Å². The number of hydrogen-bond donors (Lipinski definition) is 2. The number of anilines is 1. The maximum absolute atomic E-state index is 13.2. The summed E-state index contributed by atoms with van der Waals surface area (Å²) in [5, 5.41) is 16.5. The van der Waals surface area contributed by atoms with Gasteiger partial charge >= 0.3 is 12.1 Å². The molecule has 1 saturated heterocycles. The Bertz CT molecular complexity index is 1290. The number of carboxylic acid groups (broad SMARTS) is 1. The molecule has 1 fully saturated rings. The van der Waals surface area contributed by atoms with Crippen LogP contribution in [0.4, 0.5) is 10.5 Å². The van der Waals surface area contributed by atoms with Gasteiger partial charge in [0.2, 0.25) is 0 Å². The minimum atomic E-state index is -1.31. The molecule has 1 aromatic heterocycles. The first kappa shape index (κ1) is 22.6. The number of hydrogen-bond acceptors (Lipinski definition) is 5. The van der Waals surface area contributed by atoms with E-state index in [0.29, 0.717) is 19.4 Å². The van der Waals surface area contributed by atoms with Gasteiger partial charge < -0.3 is 14.7 Å². The number of benzene rings is 2. The zero-order chi connectivity index (χ0) is 24.7. The average Bonchev–Trinajstić information content (AvgIpc) is 3.51. The van der Waals surface area contributed by atoms with Crippen LogP contribution in [-0.2, 0) is 16.6 Å². The Labute approximate surface area is 202 Å². The predicted octanol–water partition coefficient (Wildman–Crippen LogP) is 3.86. The third-order valence-electron chi connectivity index (χ3n) is 6.96. The fourth-order valence-corrected chi connectivity index (χ4v) is 5.12. The van der Waals surface area contributed by atoms with Crippen molar-refractivity contribution < 1.29 is 24.2 Å². The number of aryl methyl sites for hydroxylation is 1. The Morgan fingerprint density at radius 1 is 1.11 bits per heavy atom. The third kappa shape index (κ3) is 3.82. The summed E-state index contributed by atoms with van der Waals surface area (Å²) in [7, 11) is 1.63. The van der Waals surface area contributed by atoms with Crippen molar-refractivity contribution >= 4 is 23.7 Å². The topological polar surface area (TPSA) is 114 Å². The van der Waals surface area contributed by atoms with E-state index in [1.165, 1.54) is 22.7 Å². The zero-order valence-electron chi connectivity index (χ0n) is 19.5. The van der Waals surface area contributed by atoms with E-state index in [1.807, 2.05) is 36.4 Å². The number of aromatic nitrogens is 2. The second-order valence-corrected chi connectivity index (χ2v) is 9.15. The first-order chi connectivity index (χ1) is 16.8. The highest BCUT2D eigenvalue weighted by Gasteiger charge is 2.47. The number of nitrogens with zero attached hydrogens (tertiary/aromatic N) is 3. The molecule has 1 aliphatic carbocycles. The van der Waals surface area contributed by atoms with Gasteiger partial charge in [-0.25, -0.2) is 9.59 Å². The molecule has 5 rings (SSSR count). The van der Waals surface area contributed by atoms with Crippen molar-refractivity contribution in [3.63, 3.8) is 0 Å². The fraction of sp³-hybridized carbons (Fsp3) is 0.308. The van der Waals surface area contributed by atoms with E-state index in [9.17, 15) is 19.5 Å². The average molecular weight is 475 g/mol. The molecule has 0 unspecified atom stereocenters. The van der Waals surface area contributed by atoms with E-state index in [1.54, 1.807) is 7.05 Å². The quantitative estimate of drug-likeness (QED) is 0.581. The smallest absolute Gasteiger partial charge is 0.411 e. The van der Waals surface area contributed by atoms with Crippen molar-refractivity contribution in [3.05, 3.63) is 71.5 Å². The van der Waals surface area contributed by atoms with Gasteiger partial charge in [-0.2, -0.15) is 5.10 Å². The molecule has 0 radical (unpaired) electrons. The van der Waals surface area contributed by atoms with Crippen LogP contribution in [0.25, 0.3) is 11.1 Å². The van der Waals surface area contributed by atoms with E-state index in [-0.39, 0.29) is 23.9 Å². The molecule has 2 N–H and O–H groups in total. The van der Waals surface area contributed by atoms with Gasteiger partial charge in [-0.15, -0.1) is 0 Å². The van der Waals surface area contributed by atoms with Crippen LogP contribution in [0.3, 0.4) is 0 Å². The molecule has 0 spiro atoms. The first-order valence-corrected chi connectivity index (χ1v) is 11.5. The highest BCUT2D eigenvalue weighted by atomic mass is 16.5. The number of rotatable bonds is 5. The van der Waals surface area contributed by atoms with Crippen molar-refractivity contribution in [2.24, 2.45) is 7.05 Å². The number of likely N-dealkylation sites (tertiary alicyclic amines) is 1. The lowest BCUT2D eigenvalue weighted by Crippen LogP contribution is -2.51. The van der Waals surface area contributed by atoms with E-state index < -0.39 is 23.5 Å². The van der Waals surface area contributed by atoms with Gasteiger partial charge in [0.15, 0.2) is 5.69 Å². The first-order valence-electron chi connectivity index (χ1n) is 11.5. The third-order valence-corrected chi connectivity index (χ3v) is 6.96. The monoisotopic (exact) mass is 474 g/mol. The van der Waals surface area contributed by atoms with Crippen LogP contribution in [0.15, 0.2) is 54.7 Å². The molecule has 2 heterocycles. The summed E-state index contributed by atoms with van der Waals surface area (Å²) in [4.78, 5) is 39.1. The van der Waals surface area contributed by atoms with Gasteiger partial charge in [0.05, 0.1) is 5.69 Å². The standard InChI is InChI=1S/C26H26N4O5/c1-26(24(32)33)12-7-13-30(26)23(31)22-21(14-29(2)28-22)27-25(34)35-15-20-18-10-5-3-8-16(18)17-9-4-6-11-19(17)20/h3-6,8-11,14,20H,7,12-13,15H2,1-2H3,(H,27,34)(H,32,33)/t26-/m1/s1. The van der Waals surface area contributed by atoms with Crippen LogP contribution < -0.4 is 5.32 Å². The zero-order valence-corrected chi connectivity index (χ0v) is 19.5. The summed E-state index contributed by atoms with van der Waals surface area (Å²) in [6.45, 7) is 1.97. The number of ether oxygens (including phenoxy) is 1. The number of carbonyl (C=O) groups excluding carboxylic acids is 2. The second-order valence-electron chi connectivity index (χ2n) is 9.15. The maximum Gasteiger partial charge on any atom is 0.411 e. The molecule has 35 heavy (non-hydrogen) atoms. The van der Waals surface area contributed by atoms with Crippen molar-refractivity contribution in [1.82, 2.24) is 14.7 Å². The summed E-state index contributed by atoms with van der Waals surface area (Å²) in [5.41, 5.74) is 3.30. The molecule has 180 valence electrons. The lowest BCUT2D eigenvalue weighted by Gasteiger charge is -2.30. The van der Waals surface area contributed by atoms with Crippen LogP contribution in [0, 0.1) is 0 Å². The van der Waals surface area contributed by atoms with Crippen LogP contribution in [0.1, 0.15) is 47.3 Å². The molecular weight excluding hydrogens is 448 g/mol. The van der Waals surface area contributed by atoms with Gasteiger partial charge in [0.25, 0.3) is 5.91 Å². The Morgan fingerprint density at radius 2 is 1.74 bits per heavy atom. The molecule has 2 aromatic carbocycles. The molecule has 2 aliphatic rings. The molecule has 3 aromatic rings. The minimum Gasteiger partial charge on any atom is -0.480 e. The van der Waals surface area contributed by atoms with Crippen molar-refractivity contribution in [2.75, 3.05) is 18.5 Å². The van der Waals surface area contributed by atoms with E-state index in [4.69, 9.17) is 4.74 Å². The Kier molecular flexibility index (Phi) is 5.55. The van der Waals surface area contributed by atoms with Crippen molar-refractivity contribution in [2.45, 2.75) is 31.2 Å². The molecule has 1 atom stereocenters. The Hall–Kier alpha value is -4.14. The summed E-state index contributed by atoms with van der Waals surface area (Å²) in [5.74, 6) is -1.70. The molecular formula is C26H26N4O5. The van der Waals surface area contributed by atoms with Crippen LogP contribution >= 0.6 is 0 Å². The lowest BCUT2D eigenvalue weighted by molar-refractivity contribution is -0.147. The molecule has 0 bridgehead atoms. The lowest BCUT2D eigenvalue weighted by atomic mass is 9.98. The number of nitrogens with one attached hydrogen (secondary N) is 1. The van der Waals surface area contributed by atoms with Crippen LogP contribution in [0.5, 0.6) is 0 Å². The highest BCUT2D eigenvalue weighted by molar-refractivity contribution is 6.03. The maximum atomic E-state index is 13.2. The van der Waals surface area contributed by atoms with Crippen LogP contribution in [0.2, 0.25) is 0 Å². The van der Waals surface area contributed by atoms with Gasteiger partial charge in [-0.05, 0) is 42.0 Å². The summed E-state index contributed by atoms with van der Waals surface area (Å²) < 4.78 is 6.99. The number of carboxylic acids is 1. The van der Waals surface area contributed by atoms with Gasteiger partial charge in [0.1, 0.15) is 12.1 Å². The van der Waals surface area contributed by atoms with E-state index in [2.05, 4.69) is 22.5 Å². The van der Waals surface area contributed by atoms with Crippen LogP contribution in [-0.4, -0.2) is 56.4 Å². The summed E-state index contributed by atoms with van der Waals surface area (Å²) >= 11 is 0. The number of amides is 2. The number of aliphatic carboxylic acids is 1. The number of carbonyl (C=O) groups is 3. The molecule has 0 saturated carbocycles. The van der Waals surface area contributed by atoms with Crippen molar-refractivity contribution in [3.8, 4) is 11.1 Å². The van der Waals surface area contributed by atoms with Gasteiger partial charge in [-0.3, -0.25) is 14.8 Å². The largest absolute Gasteiger partial charge is 0.480 e. The number of fused-ring (bicyclic) bond motifs is 3. The molecule has 9 nitrogen and oxygen atoms in total. The fourth-order valence-electron chi connectivity index (χ4n) is 5.12. The second kappa shape index (κ2) is 8.57. The highest BCUT2D eigenvalue weighted by Crippen LogP contribution is 2.44. The minimum absolute atomic E-state index is 0.0182. The predicted molar refractivity (Wildman–Crippen MR) is 128 cm³/mol. The summed E-state index contributed by atoms with van der Waals surface area (Å²) in [6, 6.07) is 16.1. The molecule has 2 amide bonds. The normalized spacial score (nSPS) is 18.7. The summed E-state index contributed by atoms with van der Waals surface area (Å²) in [6.07, 6.45) is 1.73. The van der Waals surface area contributed by atoms with Gasteiger partial charge in [0, 0.05) is 25.7 Å². The SMILES string of the molecule is Cn1cc(NC(=O)OCC2c3ccccc3-c3ccccc32)c(C(=O)N2CCC[C@]2(C)C(=O)O)n1. The Morgan fingerprint density at radius 3 is 2.37 bits per heavy atom. The Balaban J connectivity index is 1.32. The molecule has 9 heteroatoms. The van der Waals surface area contributed by atoms with Gasteiger partial charge in [-0.1, -0.05) is 48.5 Å².